The normalized spacial score (nSPS) is 40.5. The zero-order valence-corrected chi connectivity index (χ0v) is 26.5. The number of hydrogen-bond acceptors (Lipinski definition) is 5. The molecule has 1 saturated heterocycles. The molecule has 1 unspecified atom stereocenters. The van der Waals surface area contributed by atoms with Gasteiger partial charge in [-0.05, 0) is 124 Å². The molecule has 228 valence electrons. The summed E-state index contributed by atoms with van der Waals surface area (Å²) in [5, 5.41) is 8.26. The molecule has 5 fully saturated rings. The van der Waals surface area contributed by atoms with Crippen LogP contribution in [0, 0.1) is 39.9 Å². The van der Waals surface area contributed by atoms with Gasteiger partial charge in [-0.15, -0.1) is 0 Å². The molecule has 0 aromatic rings. The van der Waals surface area contributed by atoms with Crippen molar-refractivity contribution in [2.45, 2.75) is 137 Å². The monoisotopic (exact) mass is 565 g/mol. The Bertz CT molecular complexity index is 1090. The highest BCUT2D eigenvalue weighted by Gasteiger charge is 2.59. The predicted octanol–water partition coefficient (Wildman–Crippen LogP) is 7.67. The van der Waals surface area contributed by atoms with E-state index in [1.54, 1.807) is 0 Å². The summed E-state index contributed by atoms with van der Waals surface area (Å²) in [7, 11) is 0. The van der Waals surface area contributed by atoms with Gasteiger partial charge in [0, 0.05) is 31.0 Å². The summed E-state index contributed by atoms with van der Waals surface area (Å²) < 4.78 is 0. The molecule has 6 rings (SSSR count). The van der Waals surface area contributed by atoms with Crippen molar-refractivity contribution in [3.8, 4) is 0 Å². The van der Waals surface area contributed by atoms with Crippen molar-refractivity contribution in [3.05, 3.63) is 11.6 Å². The fourth-order valence-electron chi connectivity index (χ4n) is 10.9. The molecule has 1 N–H and O–H groups in total. The maximum atomic E-state index is 13.5. The van der Waals surface area contributed by atoms with E-state index in [0.29, 0.717) is 29.6 Å². The summed E-state index contributed by atoms with van der Waals surface area (Å²) in [4.78, 5) is 33.5. The van der Waals surface area contributed by atoms with Gasteiger partial charge in [-0.1, -0.05) is 51.3 Å². The fourth-order valence-corrected chi connectivity index (χ4v) is 10.9. The number of carbonyl (C=O) groups excluding carboxylic acids is 2. The predicted molar refractivity (Wildman–Crippen MR) is 164 cm³/mol. The van der Waals surface area contributed by atoms with Crippen LogP contribution in [0.1, 0.15) is 125 Å². The quantitative estimate of drug-likeness (QED) is 0.204. The van der Waals surface area contributed by atoms with Crippen LogP contribution in [-0.4, -0.2) is 47.7 Å². The molecule has 6 aliphatic rings. The molecule has 7 atom stereocenters. The Morgan fingerprint density at radius 2 is 1.78 bits per heavy atom. The number of allylic oxidation sites excluding steroid dienone is 1. The van der Waals surface area contributed by atoms with Crippen LogP contribution in [0.15, 0.2) is 16.8 Å². The molecule has 1 heterocycles. The zero-order chi connectivity index (χ0) is 29.0. The van der Waals surface area contributed by atoms with Crippen molar-refractivity contribution in [3.63, 3.8) is 0 Å². The highest BCUT2D eigenvalue weighted by Crippen LogP contribution is 2.66. The average Bonchev–Trinajstić information content (AvgIpc) is 3.66. The summed E-state index contributed by atoms with van der Waals surface area (Å²) in [6, 6.07) is 0.727. The van der Waals surface area contributed by atoms with Crippen molar-refractivity contribution in [1.29, 1.82) is 0 Å². The second kappa shape index (κ2) is 11.1. The Balaban J connectivity index is 1.12. The van der Waals surface area contributed by atoms with E-state index in [1.165, 1.54) is 50.5 Å². The Hall–Kier alpha value is -1.69. The standard InChI is InChI=1S/C35H55N3O3/c1-23(37-41-32(40)38(25-8-6-7-9-25)21-16-31-33(2,3)19-20-36-31)28-12-13-29-27-11-10-24-22-26(39)14-17-34(24,4)30(27)15-18-35(28,29)5/h22,25,27-31,36H,6-21H2,1-5H3/b37-23+/t27-,28+,29-,30-,31?,34-,35+/m0/s1. The molecule has 1 amide bonds. The van der Waals surface area contributed by atoms with Gasteiger partial charge in [-0.3, -0.25) is 9.63 Å². The highest BCUT2D eigenvalue weighted by atomic mass is 16.7. The van der Waals surface area contributed by atoms with Crippen molar-refractivity contribution in [2.24, 2.45) is 45.1 Å². The number of amides is 1. The minimum Gasteiger partial charge on any atom is -0.313 e. The molecule has 6 heteroatoms. The Kier molecular flexibility index (Phi) is 7.96. The van der Waals surface area contributed by atoms with Gasteiger partial charge < -0.3 is 10.2 Å². The molecule has 0 radical (unpaired) electrons. The first kappa shape index (κ1) is 29.4. The van der Waals surface area contributed by atoms with Crippen LogP contribution < -0.4 is 5.32 Å². The van der Waals surface area contributed by atoms with Crippen molar-refractivity contribution in [1.82, 2.24) is 10.2 Å². The number of ketones is 1. The van der Waals surface area contributed by atoms with Gasteiger partial charge in [0.2, 0.25) is 0 Å². The third kappa shape index (κ3) is 5.23. The molecule has 1 aliphatic heterocycles. The Morgan fingerprint density at radius 1 is 1.00 bits per heavy atom. The first-order chi connectivity index (χ1) is 19.5. The van der Waals surface area contributed by atoms with E-state index in [9.17, 15) is 9.59 Å². The molecule has 41 heavy (non-hydrogen) atoms. The maximum Gasteiger partial charge on any atom is 0.436 e. The Labute approximate surface area is 248 Å². The van der Waals surface area contributed by atoms with E-state index in [-0.39, 0.29) is 28.4 Å². The topological polar surface area (TPSA) is 71.0 Å². The van der Waals surface area contributed by atoms with Crippen LogP contribution in [0.4, 0.5) is 4.79 Å². The van der Waals surface area contributed by atoms with Gasteiger partial charge in [-0.2, -0.15) is 0 Å². The number of nitrogens with one attached hydrogen (secondary N) is 1. The smallest absolute Gasteiger partial charge is 0.313 e. The molecule has 5 aliphatic carbocycles. The second-order valence-corrected chi connectivity index (χ2v) is 15.9. The summed E-state index contributed by atoms with van der Waals surface area (Å²) in [5.74, 6) is 2.84. The molecule has 0 bridgehead atoms. The van der Waals surface area contributed by atoms with Crippen LogP contribution >= 0.6 is 0 Å². The molecule has 0 spiro atoms. The number of nitrogens with zero attached hydrogens (tertiary/aromatic N) is 2. The van der Waals surface area contributed by atoms with Gasteiger partial charge in [0.15, 0.2) is 5.78 Å². The van der Waals surface area contributed by atoms with Crippen molar-refractivity contribution < 1.29 is 14.4 Å². The summed E-state index contributed by atoms with van der Waals surface area (Å²) in [5.41, 5.74) is 3.15. The second-order valence-electron chi connectivity index (χ2n) is 15.9. The Morgan fingerprint density at radius 3 is 2.51 bits per heavy atom. The zero-order valence-electron chi connectivity index (χ0n) is 26.5. The molecule has 0 aromatic heterocycles. The third-order valence-electron chi connectivity index (χ3n) is 13.5. The lowest BCUT2D eigenvalue weighted by Crippen LogP contribution is -2.51. The van der Waals surface area contributed by atoms with Gasteiger partial charge >= 0.3 is 6.09 Å². The minimum atomic E-state index is -0.248. The fraction of sp³-hybridized carbons (Fsp3) is 0.857. The van der Waals surface area contributed by atoms with Gasteiger partial charge in [0.1, 0.15) is 0 Å². The van der Waals surface area contributed by atoms with Crippen molar-refractivity contribution >= 4 is 17.6 Å². The van der Waals surface area contributed by atoms with E-state index >= 15 is 0 Å². The average molecular weight is 566 g/mol. The van der Waals surface area contributed by atoms with Crippen LogP contribution in [0.3, 0.4) is 0 Å². The van der Waals surface area contributed by atoms with E-state index in [2.05, 4.69) is 45.1 Å². The maximum absolute atomic E-state index is 13.5. The van der Waals surface area contributed by atoms with Crippen LogP contribution in [-0.2, 0) is 9.63 Å². The summed E-state index contributed by atoms with van der Waals surface area (Å²) in [6.45, 7) is 13.6. The van der Waals surface area contributed by atoms with Crippen LogP contribution in [0.2, 0.25) is 0 Å². The van der Waals surface area contributed by atoms with E-state index < -0.39 is 0 Å². The molecule has 0 aromatic carbocycles. The number of rotatable bonds is 6. The summed E-state index contributed by atoms with van der Waals surface area (Å²) >= 11 is 0. The van der Waals surface area contributed by atoms with Gasteiger partial charge in [0.05, 0.1) is 5.71 Å². The SMILES string of the molecule is C/C(=N\OC(=O)N(CCC1NCCC1(C)C)C1CCCC1)[C@H]1CC[C@H]2[C@@H]3CCC4=CC(=O)CC[C@]4(C)[C@H]3CC[C@]12C. The van der Waals surface area contributed by atoms with Crippen LogP contribution in [0.25, 0.3) is 0 Å². The van der Waals surface area contributed by atoms with Gasteiger partial charge in [-0.25, -0.2) is 4.79 Å². The summed E-state index contributed by atoms with van der Waals surface area (Å²) in [6.07, 6.45) is 17.4. The lowest BCUT2D eigenvalue weighted by Gasteiger charge is -2.58. The molecular formula is C35H55N3O3. The first-order valence-electron chi connectivity index (χ1n) is 17.0. The molecular weight excluding hydrogens is 510 g/mol. The lowest BCUT2D eigenvalue weighted by molar-refractivity contribution is -0.117. The first-order valence-corrected chi connectivity index (χ1v) is 17.0. The molecule has 6 nitrogen and oxygen atoms in total. The number of hydrogen-bond donors (Lipinski definition) is 1. The van der Waals surface area contributed by atoms with E-state index in [0.717, 1.165) is 69.7 Å². The number of fused-ring (bicyclic) bond motifs is 5. The van der Waals surface area contributed by atoms with E-state index in [4.69, 9.17) is 4.84 Å². The van der Waals surface area contributed by atoms with Crippen molar-refractivity contribution in [2.75, 3.05) is 13.1 Å². The minimum absolute atomic E-state index is 0.210. The largest absolute Gasteiger partial charge is 0.436 e. The number of oxime groups is 1. The highest BCUT2D eigenvalue weighted by molar-refractivity contribution is 5.91. The third-order valence-corrected chi connectivity index (χ3v) is 13.5. The van der Waals surface area contributed by atoms with Crippen LogP contribution in [0.5, 0.6) is 0 Å². The molecule has 4 saturated carbocycles. The lowest BCUT2D eigenvalue weighted by atomic mass is 9.46. The van der Waals surface area contributed by atoms with Gasteiger partial charge in [0.25, 0.3) is 0 Å². The van der Waals surface area contributed by atoms with E-state index in [1.807, 2.05) is 11.0 Å². The number of carbonyl (C=O) groups is 2.